The Balaban J connectivity index is 1.46. The van der Waals surface area contributed by atoms with E-state index in [9.17, 15) is 13.2 Å². The highest BCUT2D eigenvalue weighted by Gasteiger charge is 2.15. The standard InChI is InChI=1S/C29H25F3O2/c1-3-34-24-15-17-25(27(30)18-24)20-7-4-19(5-8-20)6-9-22-12-16-26(29(32)28(22)31)21-10-13-23(33-2)14-11-21/h4-5,7-8,10-18H,3,6,9H2,1-2H3. The van der Waals surface area contributed by atoms with Crippen LogP contribution in [0.1, 0.15) is 18.1 Å². The molecule has 0 unspecified atom stereocenters. The second-order valence-electron chi connectivity index (χ2n) is 7.90. The molecule has 34 heavy (non-hydrogen) atoms. The first-order valence-corrected chi connectivity index (χ1v) is 11.1. The first-order chi connectivity index (χ1) is 16.5. The van der Waals surface area contributed by atoms with E-state index in [0.717, 1.165) is 11.1 Å². The molecule has 0 bridgehead atoms. The number of hydrogen-bond donors (Lipinski definition) is 0. The summed E-state index contributed by atoms with van der Waals surface area (Å²) in [6.07, 6.45) is 0.882. The highest BCUT2D eigenvalue weighted by molar-refractivity contribution is 5.66. The van der Waals surface area contributed by atoms with E-state index in [4.69, 9.17) is 9.47 Å². The first kappa shape index (κ1) is 23.4. The predicted octanol–water partition coefficient (Wildman–Crippen LogP) is 7.63. The maximum absolute atomic E-state index is 14.8. The zero-order valence-corrected chi connectivity index (χ0v) is 19.1. The molecule has 0 saturated heterocycles. The van der Waals surface area contributed by atoms with Crippen molar-refractivity contribution in [3.8, 4) is 33.8 Å². The third kappa shape index (κ3) is 5.09. The van der Waals surface area contributed by atoms with Crippen LogP contribution in [0.5, 0.6) is 11.5 Å². The van der Waals surface area contributed by atoms with Crippen LogP contribution in [0.3, 0.4) is 0 Å². The monoisotopic (exact) mass is 462 g/mol. The van der Waals surface area contributed by atoms with Gasteiger partial charge in [0, 0.05) is 17.2 Å². The minimum atomic E-state index is -0.857. The zero-order valence-electron chi connectivity index (χ0n) is 19.1. The quantitative estimate of drug-likeness (QED) is 0.268. The highest BCUT2D eigenvalue weighted by atomic mass is 19.2. The van der Waals surface area contributed by atoms with Gasteiger partial charge in [0.15, 0.2) is 11.6 Å². The average molecular weight is 463 g/mol. The molecule has 0 radical (unpaired) electrons. The normalized spacial score (nSPS) is 10.9. The largest absolute Gasteiger partial charge is 0.497 e. The highest BCUT2D eigenvalue weighted by Crippen LogP contribution is 2.29. The molecule has 4 aromatic carbocycles. The third-order valence-corrected chi connectivity index (χ3v) is 5.76. The maximum atomic E-state index is 14.8. The Morgan fingerprint density at radius 2 is 1.26 bits per heavy atom. The number of methoxy groups -OCH3 is 1. The van der Waals surface area contributed by atoms with Gasteiger partial charge in [-0.05, 0) is 66.3 Å². The van der Waals surface area contributed by atoms with E-state index in [-0.39, 0.29) is 11.4 Å². The topological polar surface area (TPSA) is 18.5 Å². The Labute approximate surface area is 197 Å². The number of halogens is 3. The van der Waals surface area contributed by atoms with Crippen molar-refractivity contribution < 1.29 is 22.6 Å². The maximum Gasteiger partial charge on any atom is 0.166 e. The van der Waals surface area contributed by atoms with Crippen LogP contribution in [-0.4, -0.2) is 13.7 Å². The Hall–Kier alpha value is -3.73. The Kier molecular flexibility index (Phi) is 7.21. The van der Waals surface area contributed by atoms with Gasteiger partial charge in [-0.1, -0.05) is 48.5 Å². The third-order valence-electron chi connectivity index (χ3n) is 5.76. The predicted molar refractivity (Wildman–Crippen MR) is 129 cm³/mol. The zero-order chi connectivity index (χ0) is 24.1. The van der Waals surface area contributed by atoms with Gasteiger partial charge in [-0.3, -0.25) is 0 Å². The smallest absolute Gasteiger partial charge is 0.166 e. The van der Waals surface area contributed by atoms with E-state index in [1.54, 1.807) is 55.6 Å². The lowest BCUT2D eigenvalue weighted by molar-refractivity contribution is 0.338. The Morgan fingerprint density at radius 1 is 0.647 bits per heavy atom. The number of rotatable bonds is 8. The summed E-state index contributed by atoms with van der Waals surface area (Å²) >= 11 is 0. The molecule has 0 aliphatic carbocycles. The fourth-order valence-electron chi connectivity index (χ4n) is 3.89. The lowest BCUT2D eigenvalue weighted by Crippen LogP contribution is -2.00. The fourth-order valence-corrected chi connectivity index (χ4v) is 3.89. The summed E-state index contributed by atoms with van der Waals surface area (Å²) in [4.78, 5) is 0. The Bertz CT molecular complexity index is 1270. The summed E-state index contributed by atoms with van der Waals surface area (Å²) in [6.45, 7) is 2.32. The van der Waals surface area contributed by atoms with E-state index >= 15 is 0 Å². The van der Waals surface area contributed by atoms with Crippen LogP contribution in [0.2, 0.25) is 0 Å². The van der Waals surface area contributed by atoms with Crippen LogP contribution in [0.15, 0.2) is 78.9 Å². The van der Waals surface area contributed by atoms with Crippen molar-refractivity contribution in [2.45, 2.75) is 19.8 Å². The van der Waals surface area contributed by atoms with Gasteiger partial charge in [-0.2, -0.15) is 0 Å². The molecular weight excluding hydrogens is 437 g/mol. The van der Waals surface area contributed by atoms with Crippen molar-refractivity contribution >= 4 is 0 Å². The van der Waals surface area contributed by atoms with E-state index in [1.807, 2.05) is 31.2 Å². The van der Waals surface area contributed by atoms with Gasteiger partial charge in [-0.25, -0.2) is 13.2 Å². The molecule has 4 rings (SSSR count). The second kappa shape index (κ2) is 10.5. The van der Waals surface area contributed by atoms with Crippen molar-refractivity contribution in [1.82, 2.24) is 0 Å². The summed E-state index contributed by atoms with van der Waals surface area (Å²) < 4.78 is 54.4. The summed E-state index contributed by atoms with van der Waals surface area (Å²) in [5.41, 5.74) is 3.29. The average Bonchev–Trinajstić information content (AvgIpc) is 2.86. The van der Waals surface area contributed by atoms with E-state index in [2.05, 4.69) is 0 Å². The van der Waals surface area contributed by atoms with Crippen LogP contribution in [0.4, 0.5) is 13.2 Å². The fraction of sp³-hybridized carbons (Fsp3) is 0.172. The van der Waals surface area contributed by atoms with Gasteiger partial charge in [0.05, 0.1) is 13.7 Å². The summed E-state index contributed by atoms with van der Waals surface area (Å²) in [5.74, 6) is -0.899. The molecule has 0 aliphatic heterocycles. The van der Waals surface area contributed by atoms with Gasteiger partial charge < -0.3 is 9.47 Å². The van der Waals surface area contributed by atoms with Gasteiger partial charge in [0.2, 0.25) is 0 Å². The first-order valence-electron chi connectivity index (χ1n) is 11.1. The van der Waals surface area contributed by atoms with E-state index in [0.29, 0.717) is 47.6 Å². The van der Waals surface area contributed by atoms with Crippen molar-refractivity contribution in [3.63, 3.8) is 0 Å². The SMILES string of the molecule is CCOc1ccc(-c2ccc(CCc3ccc(-c4ccc(OC)cc4)c(F)c3F)cc2)c(F)c1. The van der Waals surface area contributed by atoms with Crippen LogP contribution in [0.25, 0.3) is 22.3 Å². The van der Waals surface area contributed by atoms with Crippen LogP contribution in [-0.2, 0) is 12.8 Å². The van der Waals surface area contributed by atoms with E-state index < -0.39 is 11.6 Å². The molecule has 4 aromatic rings. The number of hydrogen-bond acceptors (Lipinski definition) is 2. The molecule has 0 N–H and O–H groups in total. The van der Waals surface area contributed by atoms with Crippen molar-refractivity contribution in [2.24, 2.45) is 0 Å². The molecule has 0 saturated carbocycles. The molecule has 0 amide bonds. The molecule has 174 valence electrons. The lowest BCUT2D eigenvalue weighted by atomic mass is 9.97. The number of benzene rings is 4. The van der Waals surface area contributed by atoms with Gasteiger partial charge >= 0.3 is 0 Å². The Morgan fingerprint density at radius 3 is 1.91 bits per heavy atom. The summed E-state index contributed by atoms with van der Waals surface area (Å²) in [7, 11) is 1.55. The van der Waals surface area contributed by atoms with Crippen LogP contribution < -0.4 is 9.47 Å². The minimum Gasteiger partial charge on any atom is -0.497 e. The van der Waals surface area contributed by atoms with Crippen LogP contribution >= 0.6 is 0 Å². The molecule has 0 atom stereocenters. The van der Waals surface area contributed by atoms with E-state index in [1.165, 1.54) is 6.07 Å². The second-order valence-corrected chi connectivity index (χ2v) is 7.90. The van der Waals surface area contributed by atoms with Gasteiger partial charge in [0.1, 0.15) is 17.3 Å². The molecule has 0 aliphatic rings. The molecule has 0 spiro atoms. The molecular formula is C29H25F3O2. The summed E-state index contributed by atoms with van der Waals surface area (Å²) in [6, 6.07) is 22.3. The minimum absolute atomic E-state index is 0.214. The van der Waals surface area contributed by atoms with Gasteiger partial charge in [-0.15, -0.1) is 0 Å². The molecule has 0 heterocycles. The summed E-state index contributed by atoms with van der Waals surface area (Å²) in [5, 5.41) is 0. The molecule has 5 heteroatoms. The van der Waals surface area contributed by atoms with Gasteiger partial charge in [0.25, 0.3) is 0 Å². The van der Waals surface area contributed by atoms with Crippen molar-refractivity contribution in [2.75, 3.05) is 13.7 Å². The molecule has 0 fully saturated rings. The molecule has 0 aromatic heterocycles. The van der Waals surface area contributed by atoms with Crippen molar-refractivity contribution in [1.29, 1.82) is 0 Å². The number of aryl methyl sites for hydroxylation is 2. The van der Waals surface area contributed by atoms with Crippen LogP contribution in [0, 0.1) is 17.5 Å². The molecule has 2 nitrogen and oxygen atoms in total. The van der Waals surface area contributed by atoms with Crippen molar-refractivity contribution in [3.05, 3.63) is 107 Å². The number of ether oxygens (including phenoxy) is 2. The lowest BCUT2D eigenvalue weighted by Gasteiger charge is -2.10.